The Morgan fingerprint density at radius 1 is 0.250 bits per heavy atom. The van der Waals surface area contributed by atoms with E-state index in [1.165, 1.54) is 0 Å². The predicted molar refractivity (Wildman–Crippen MR) is 27.5 cm³/mol. The molecule has 0 saturated heterocycles. The molecule has 0 aliphatic heterocycles. The van der Waals surface area contributed by atoms with Crippen molar-refractivity contribution in [2.24, 2.45) is 0 Å². The second-order valence-electron chi connectivity index (χ2n) is 0. The van der Waals surface area contributed by atoms with E-state index in [4.69, 9.17) is 0 Å². The van der Waals surface area contributed by atoms with Crippen LogP contribution in [0.1, 0.15) is 0 Å². The monoisotopic (exact) mass is 218 g/mol. The third-order valence-electron chi connectivity index (χ3n) is 0. The van der Waals surface area contributed by atoms with E-state index in [2.05, 4.69) is 0 Å². The molecule has 0 heterocycles. The number of hydrogen-bond acceptors (Lipinski definition) is 0. The van der Waals surface area contributed by atoms with Gasteiger partial charge in [0.1, 0.15) is 0 Å². The minimum absolute atomic E-state index is 0. The van der Waals surface area contributed by atoms with Gasteiger partial charge in [0.05, 0.1) is 0 Å². The minimum atomic E-state index is 0. The second kappa shape index (κ2) is 55600. The van der Waals surface area contributed by atoms with E-state index in [9.17, 15) is 0 Å². The standard InChI is InChI=1S/AsH3.7FH/h1H3;7*1H. The summed E-state index contributed by atoms with van der Waals surface area (Å²) >= 11 is 0. The Morgan fingerprint density at radius 3 is 0.250 bits per heavy atom. The van der Waals surface area contributed by atoms with Crippen molar-refractivity contribution in [3.63, 3.8) is 0 Å². The zero-order valence-electron chi connectivity index (χ0n) is 3.56. The second-order valence-corrected chi connectivity index (χ2v) is 0. The molecule has 0 spiro atoms. The van der Waals surface area contributed by atoms with E-state index >= 15 is 0 Å². The van der Waals surface area contributed by atoms with Gasteiger partial charge in [-0.2, -0.15) is 0 Å². The van der Waals surface area contributed by atoms with Crippen molar-refractivity contribution in [1.29, 1.82) is 0 Å². The van der Waals surface area contributed by atoms with Gasteiger partial charge in [-0.25, -0.2) is 0 Å². The normalized spacial score (nSPS) is 0. The summed E-state index contributed by atoms with van der Waals surface area (Å²) in [4.78, 5) is 0. The first-order chi connectivity index (χ1) is 0. The molecule has 0 aromatic carbocycles. The molecule has 0 N–H and O–H groups in total. The van der Waals surface area contributed by atoms with Crippen LogP contribution in [0.15, 0.2) is 0 Å². The van der Waals surface area contributed by atoms with Crippen molar-refractivity contribution in [2.45, 2.75) is 0 Å². The molecule has 0 aliphatic rings. The quantitative estimate of drug-likeness (QED) is 0.393. The molecule has 0 saturated carbocycles. The van der Waals surface area contributed by atoms with Gasteiger partial charge in [0.2, 0.25) is 0 Å². The fourth-order valence-electron chi connectivity index (χ4n) is 0. The summed E-state index contributed by atoms with van der Waals surface area (Å²) in [7, 11) is 0. The average molecular weight is 218 g/mol. The summed E-state index contributed by atoms with van der Waals surface area (Å²) in [5.41, 5.74) is 0. The molecule has 8 heteroatoms. The van der Waals surface area contributed by atoms with E-state index in [-0.39, 0.29) is 50.9 Å². The van der Waals surface area contributed by atoms with Crippen molar-refractivity contribution < 1.29 is 32.9 Å². The van der Waals surface area contributed by atoms with Crippen molar-refractivity contribution in [1.82, 2.24) is 0 Å². The van der Waals surface area contributed by atoms with Crippen LogP contribution in [0.4, 0.5) is 32.9 Å². The first-order valence-corrected chi connectivity index (χ1v) is 0. The molecule has 64 valence electrons. The molecule has 0 amide bonds. The number of hydrogen-bond donors (Lipinski definition) is 0. The van der Waals surface area contributed by atoms with Crippen molar-refractivity contribution >= 4 is 18.0 Å². The zero-order valence-corrected chi connectivity index (χ0v) is 6.53. The summed E-state index contributed by atoms with van der Waals surface area (Å²) < 4.78 is 0. The van der Waals surface area contributed by atoms with Crippen LogP contribution >= 0.6 is 0 Å². The first kappa shape index (κ1) is 86100. The summed E-state index contributed by atoms with van der Waals surface area (Å²) in [5, 5.41) is 0. The molecule has 0 aromatic heterocycles. The molecule has 1 unspecified atom stereocenters. The van der Waals surface area contributed by atoms with E-state index in [0.29, 0.717) is 0 Å². The number of halogens is 7. The van der Waals surface area contributed by atoms with Crippen LogP contribution in [-0.4, -0.2) is 18.0 Å². The molecule has 0 aromatic rings. The molecule has 0 radical (unpaired) electrons. The molecule has 8 heavy (non-hydrogen) atoms. The molecule has 0 bridgehead atoms. The van der Waals surface area contributed by atoms with Gasteiger partial charge in [0.25, 0.3) is 0 Å². The molecule has 0 rings (SSSR count). The Kier molecular flexibility index (Phi) is 598000000. The van der Waals surface area contributed by atoms with Crippen LogP contribution in [0.25, 0.3) is 0 Å². The third-order valence-corrected chi connectivity index (χ3v) is 0. The molecule has 1 atom stereocenters. The van der Waals surface area contributed by atoms with Gasteiger partial charge >= 0.3 is 18.0 Å². The van der Waals surface area contributed by atoms with E-state index in [1.54, 1.807) is 0 Å². The van der Waals surface area contributed by atoms with Crippen LogP contribution in [0.2, 0.25) is 0 Å². The van der Waals surface area contributed by atoms with Crippen LogP contribution in [0.5, 0.6) is 0 Å². The molecular formula is H10AsF7. The fourth-order valence-corrected chi connectivity index (χ4v) is 0. The van der Waals surface area contributed by atoms with Crippen LogP contribution < -0.4 is 0 Å². The van der Waals surface area contributed by atoms with E-state index in [1.807, 2.05) is 0 Å². The number of rotatable bonds is 0. The van der Waals surface area contributed by atoms with Crippen LogP contribution in [0, 0.1) is 0 Å². The fraction of sp³-hybridized carbons (Fsp3) is 0. The maximum atomic E-state index is 0. The van der Waals surface area contributed by atoms with E-state index < -0.39 is 0 Å². The van der Waals surface area contributed by atoms with Crippen LogP contribution in [-0.2, 0) is 0 Å². The van der Waals surface area contributed by atoms with E-state index in [0.717, 1.165) is 0 Å². The van der Waals surface area contributed by atoms with Gasteiger partial charge in [-0.15, -0.1) is 0 Å². The Bertz CT molecular complexity index is 4.35. The van der Waals surface area contributed by atoms with Crippen molar-refractivity contribution in [3.05, 3.63) is 0 Å². The topological polar surface area (TPSA) is 0 Å². The molecule has 0 aliphatic carbocycles. The summed E-state index contributed by atoms with van der Waals surface area (Å²) in [6.45, 7) is 0. The third kappa shape index (κ3) is 33300. The Labute approximate surface area is 51.9 Å². The van der Waals surface area contributed by atoms with Crippen LogP contribution in [0.3, 0.4) is 0 Å². The summed E-state index contributed by atoms with van der Waals surface area (Å²) in [5.74, 6) is 0. The summed E-state index contributed by atoms with van der Waals surface area (Å²) in [6.07, 6.45) is 0. The van der Waals surface area contributed by atoms with Gasteiger partial charge < -0.3 is 0 Å². The van der Waals surface area contributed by atoms with Crippen molar-refractivity contribution in [2.75, 3.05) is 0 Å². The predicted octanol–water partition coefficient (Wildman–Crippen LogP) is -0.116. The molecule has 0 fully saturated rings. The SMILES string of the molecule is F.F.F.F.F.F.F.[AsH3]. The van der Waals surface area contributed by atoms with Gasteiger partial charge in [-0.05, 0) is 0 Å². The van der Waals surface area contributed by atoms with Crippen molar-refractivity contribution in [3.8, 4) is 0 Å². The zero-order chi connectivity index (χ0) is 0. The Balaban J connectivity index is 0. The van der Waals surface area contributed by atoms with Gasteiger partial charge in [-0.1, -0.05) is 0 Å². The Hall–Kier alpha value is 0.0684. The van der Waals surface area contributed by atoms with Gasteiger partial charge in [0, 0.05) is 0 Å². The average Bonchev–Trinajstić information content (AvgIpc) is 0. The summed E-state index contributed by atoms with van der Waals surface area (Å²) in [6, 6.07) is 0. The molecule has 0 nitrogen and oxygen atoms in total. The maximum absolute atomic E-state index is 0. The first-order valence-electron chi connectivity index (χ1n) is 0. The Morgan fingerprint density at radius 2 is 0.250 bits per heavy atom. The van der Waals surface area contributed by atoms with Gasteiger partial charge in [-0.3, -0.25) is 32.9 Å². The molecular weight excluding hydrogens is 208 g/mol. The van der Waals surface area contributed by atoms with Gasteiger partial charge in [0.15, 0.2) is 0 Å².